The Morgan fingerprint density at radius 1 is 0.833 bits per heavy atom. The zero-order chi connectivity index (χ0) is 21.4. The summed E-state index contributed by atoms with van der Waals surface area (Å²) < 4.78 is 0. The van der Waals surface area contributed by atoms with Gasteiger partial charge in [0.25, 0.3) is 5.91 Å². The molecule has 0 atom stereocenters. The van der Waals surface area contributed by atoms with Crippen LogP contribution in [0.5, 0.6) is 0 Å². The third-order valence-corrected chi connectivity index (χ3v) is 5.64. The first-order chi connectivity index (χ1) is 14.3. The van der Waals surface area contributed by atoms with E-state index < -0.39 is 5.91 Å². The lowest BCUT2D eigenvalue weighted by molar-refractivity contribution is 0.102. The third-order valence-electron chi connectivity index (χ3n) is 4.20. The van der Waals surface area contributed by atoms with E-state index >= 15 is 0 Å². The Hall–Kier alpha value is -2.15. The molecular formula is C20H11Cl5N4O. The second-order valence-electron chi connectivity index (χ2n) is 6.24. The fourth-order valence-electron chi connectivity index (χ4n) is 2.79. The number of nitrogens with one attached hydrogen (secondary N) is 3. The van der Waals surface area contributed by atoms with Crippen LogP contribution in [0.2, 0.25) is 25.1 Å². The van der Waals surface area contributed by atoms with Crippen LogP contribution in [0.3, 0.4) is 0 Å². The van der Waals surface area contributed by atoms with Crippen molar-refractivity contribution in [2.75, 3.05) is 10.6 Å². The molecule has 4 aromatic rings. The minimum Gasteiger partial charge on any atom is -0.324 e. The van der Waals surface area contributed by atoms with Crippen molar-refractivity contribution < 1.29 is 4.79 Å². The number of carbonyl (C=O) groups excluding carboxylic acids is 1. The van der Waals surface area contributed by atoms with Gasteiger partial charge < -0.3 is 15.6 Å². The molecule has 152 valence electrons. The summed E-state index contributed by atoms with van der Waals surface area (Å²) in [4.78, 5) is 20.2. The molecule has 0 saturated heterocycles. The molecule has 3 N–H and O–H groups in total. The number of H-pyrrole nitrogens is 1. The van der Waals surface area contributed by atoms with Gasteiger partial charge in [0.15, 0.2) is 0 Å². The number of hydrogen-bond acceptors (Lipinski definition) is 3. The molecule has 0 aliphatic carbocycles. The Bertz CT molecular complexity index is 1240. The van der Waals surface area contributed by atoms with Crippen LogP contribution in [0.25, 0.3) is 11.0 Å². The van der Waals surface area contributed by atoms with Gasteiger partial charge >= 0.3 is 0 Å². The van der Waals surface area contributed by atoms with E-state index in [9.17, 15) is 4.79 Å². The minimum absolute atomic E-state index is 0.241. The van der Waals surface area contributed by atoms with Gasteiger partial charge in [-0.15, -0.1) is 0 Å². The number of anilines is 3. The number of para-hydroxylation sites is 1. The van der Waals surface area contributed by atoms with E-state index in [0.29, 0.717) is 37.8 Å². The highest BCUT2D eigenvalue weighted by Crippen LogP contribution is 2.34. The summed E-state index contributed by atoms with van der Waals surface area (Å²) in [6.07, 6.45) is 0. The highest BCUT2D eigenvalue weighted by molar-refractivity contribution is 6.42. The quantitative estimate of drug-likeness (QED) is 0.267. The maximum atomic E-state index is 12.7. The molecule has 1 amide bonds. The van der Waals surface area contributed by atoms with E-state index in [0.717, 1.165) is 5.52 Å². The van der Waals surface area contributed by atoms with Gasteiger partial charge in [0.1, 0.15) is 0 Å². The van der Waals surface area contributed by atoms with Gasteiger partial charge in [0, 0.05) is 10.6 Å². The van der Waals surface area contributed by atoms with Crippen LogP contribution in [0.15, 0.2) is 48.5 Å². The number of rotatable bonds is 4. The van der Waals surface area contributed by atoms with Gasteiger partial charge in [-0.2, -0.15) is 0 Å². The number of hydrogen-bond donors (Lipinski definition) is 3. The summed E-state index contributed by atoms with van der Waals surface area (Å²) in [6, 6.07) is 13.2. The predicted octanol–water partition coefficient (Wildman–Crippen LogP) is 7.83. The second kappa shape index (κ2) is 8.53. The number of carbonyl (C=O) groups is 1. The SMILES string of the molecule is O=C(Nc1c(Cl)cc(Cl)cc1Cl)c1ccc2[nH]c(Nc3c(Cl)cccc3Cl)nc2c1. The lowest BCUT2D eigenvalue weighted by Crippen LogP contribution is -2.12. The number of nitrogens with zero attached hydrogens (tertiary/aromatic N) is 1. The minimum atomic E-state index is -0.394. The van der Waals surface area contributed by atoms with Crippen LogP contribution in [0.4, 0.5) is 17.3 Å². The number of halogens is 5. The summed E-state index contributed by atoms with van der Waals surface area (Å²) in [5, 5.41) is 7.53. The standard InChI is InChI=1S/C20H11Cl5N4O/c21-10-7-13(24)18(14(25)8-10)28-19(30)9-4-5-15-16(6-9)27-20(26-15)29-17-11(22)2-1-3-12(17)23/h1-8H,(H,28,30)(H2,26,27,29). The maximum absolute atomic E-state index is 12.7. The van der Waals surface area contributed by atoms with Gasteiger partial charge in [0.2, 0.25) is 5.95 Å². The number of imidazole rings is 1. The van der Waals surface area contributed by atoms with Crippen molar-refractivity contribution in [2.24, 2.45) is 0 Å². The molecule has 1 aromatic heterocycles. The highest BCUT2D eigenvalue weighted by atomic mass is 35.5. The molecule has 0 radical (unpaired) electrons. The Labute approximate surface area is 196 Å². The van der Waals surface area contributed by atoms with Crippen molar-refractivity contribution in [3.05, 3.63) is 79.2 Å². The topological polar surface area (TPSA) is 69.8 Å². The number of amides is 1. The van der Waals surface area contributed by atoms with Crippen LogP contribution in [-0.4, -0.2) is 15.9 Å². The number of fused-ring (bicyclic) bond motifs is 1. The Morgan fingerprint density at radius 2 is 1.50 bits per heavy atom. The Kier molecular flexibility index (Phi) is 6.00. The number of benzene rings is 3. The molecule has 3 aromatic carbocycles. The van der Waals surface area contributed by atoms with Gasteiger partial charge in [0.05, 0.1) is 42.5 Å². The first-order valence-corrected chi connectivity index (χ1v) is 10.4. The average Bonchev–Trinajstić information content (AvgIpc) is 3.09. The second-order valence-corrected chi connectivity index (χ2v) is 8.30. The lowest BCUT2D eigenvalue weighted by Gasteiger charge is -2.10. The maximum Gasteiger partial charge on any atom is 0.255 e. The van der Waals surface area contributed by atoms with Crippen LogP contribution in [-0.2, 0) is 0 Å². The van der Waals surface area contributed by atoms with E-state index in [1.807, 2.05) is 0 Å². The van der Waals surface area contributed by atoms with Crippen molar-refractivity contribution in [3.63, 3.8) is 0 Å². The molecule has 0 unspecified atom stereocenters. The van der Waals surface area contributed by atoms with E-state index in [2.05, 4.69) is 20.6 Å². The van der Waals surface area contributed by atoms with Crippen LogP contribution >= 0.6 is 58.0 Å². The van der Waals surface area contributed by atoms with E-state index in [-0.39, 0.29) is 15.7 Å². The van der Waals surface area contributed by atoms with Crippen LogP contribution < -0.4 is 10.6 Å². The van der Waals surface area contributed by atoms with E-state index in [1.54, 1.807) is 36.4 Å². The van der Waals surface area contributed by atoms with Gasteiger partial charge in [-0.25, -0.2) is 4.98 Å². The van der Waals surface area contributed by atoms with Crippen molar-refractivity contribution >= 4 is 92.3 Å². The summed E-state index contributed by atoms with van der Waals surface area (Å²) in [6.45, 7) is 0. The lowest BCUT2D eigenvalue weighted by atomic mass is 10.2. The molecule has 5 nitrogen and oxygen atoms in total. The van der Waals surface area contributed by atoms with Crippen molar-refractivity contribution in [2.45, 2.75) is 0 Å². The summed E-state index contributed by atoms with van der Waals surface area (Å²) in [5.41, 5.74) is 2.48. The van der Waals surface area contributed by atoms with Crippen molar-refractivity contribution in [1.82, 2.24) is 9.97 Å². The molecule has 0 fully saturated rings. The smallest absolute Gasteiger partial charge is 0.255 e. The van der Waals surface area contributed by atoms with E-state index in [4.69, 9.17) is 58.0 Å². The number of aromatic nitrogens is 2. The van der Waals surface area contributed by atoms with Crippen molar-refractivity contribution in [1.29, 1.82) is 0 Å². The molecule has 0 spiro atoms. The fraction of sp³-hybridized carbons (Fsp3) is 0. The van der Waals surface area contributed by atoms with E-state index in [1.165, 1.54) is 12.1 Å². The van der Waals surface area contributed by atoms with Gasteiger partial charge in [-0.1, -0.05) is 64.1 Å². The number of aromatic amines is 1. The zero-order valence-corrected chi connectivity index (χ0v) is 18.6. The summed E-state index contributed by atoms with van der Waals surface area (Å²) in [5.74, 6) is 0.0380. The molecule has 1 heterocycles. The summed E-state index contributed by atoms with van der Waals surface area (Å²) >= 11 is 30.5. The van der Waals surface area contributed by atoms with Gasteiger partial charge in [-0.05, 0) is 42.5 Å². The largest absolute Gasteiger partial charge is 0.324 e. The zero-order valence-electron chi connectivity index (χ0n) is 14.9. The normalized spacial score (nSPS) is 11.0. The molecule has 30 heavy (non-hydrogen) atoms. The van der Waals surface area contributed by atoms with Gasteiger partial charge in [-0.3, -0.25) is 4.79 Å². The molecule has 10 heteroatoms. The first-order valence-electron chi connectivity index (χ1n) is 8.48. The molecular weight excluding hydrogens is 490 g/mol. The summed E-state index contributed by atoms with van der Waals surface area (Å²) in [7, 11) is 0. The van der Waals surface area contributed by atoms with Crippen molar-refractivity contribution in [3.8, 4) is 0 Å². The molecule has 0 aliphatic heterocycles. The molecule has 4 rings (SSSR count). The molecule has 0 aliphatic rings. The highest BCUT2D eigenvalue weighted by Gasteiger charge is 2.15. The fourth-order valence-corrected chi connectivity index (χ4v) is 4.19. The molecule has 0 bridgehead atoms. The first kappa shape index (κ1) is 21.1. The Balaban J connectivity index is 1.60. The van der Waals surface area contributed by atoms with Crippen LogP contribution in [0, 0.1) is 0 Å². The third kappa shape index (κ3) is 4.31. The van der Waals surface area contributed by atoms with Crippen LogP contribution in [0.1, 0.15) is 10.4 Å². The Morgan fingerprint density at radius 3 is 2.17 bits per heavy atom. The average molecular weight is 501 g/mol. The monoisotopic (exact) mass is 498 g/mol. The predicted molar refractivity (Wildman–Crippen MR) is 125 cm³/mol. The molecule has 0 saturated carbocycles.